The molecule has 1 aromatic carbocycles. The minimum atomic E-state index is -0.977. The first-order valence-electron chi connectivity index (χ1n) is 6.36. The van der Waals surface area contributed by atoms with Crippen LogP contribution in [0.15, 0.2) is 24.3 Å². The average molecular weight is 279 g/mol. The molecule has 0 radical (unpaired) electrons. The van der Waals surface area contributed by atoms with E-state index in [-0.39, 0.29) is 5.56 Å². The Balaban J connectivity index is 2.82. The van der Waals surface area contributed by atoms with E-state index in [1.165, 1.54) is 12.1 Å². The molecule has 0 aliphatic rings. The smallest absolute Gasteiger partial charge is 0.408 e. The van der Waals surface area contributed by atoms with E-state index in [0.717, 1.165) is 5.56 Å². The fraction of sp³-hybridized carbons (Fsp3) is 0.467. The van der Waals surface area contributed by atoms with Gasteiger partial charge in [0.05, 0.1) is 11.1 Å². The molecule has 110 valence electrons. The number of carboxylic acids is 1. The Bertz CT molecular complexity index is 498. The van der Waals surface area contributed by atoms with E-state index in [1.54, 1.807) is 32.9 Å². The lowest BCUT2D eigenvalue weighted by Gasteiger charge is -2.29. The molecule has 1 amide bonds. The van der Waals surface area contributed by atoms with E-state index in [0.29, 0.717) is 0 Å². The third kappa shape index (κ3) is 4.57. The average Bonchev–Trinajstić information content (AvgIpc) is 2.25. The molecule has 0 fully saturated rings. The van der Waals surface area contributed by atoms with Crippen molar-refractivity contribution in [3.05, 3.63) is 35.4 Å². The fourth-order valence-electron chi connectivity index (χ4n) is 1.66. The molecule has 0 saturated heterocycles. The number of hydrogen-bond acceptors (Lipinski definition) is 3. The molecular formula is C15H21NO4. The molecule has 1 aromatic rings. The van der Waals surface area contributed by atoms with Gasteiger partial charge in [-0.1, -0.05) is 12.1 Å². The van der Waals surface area contributed by atoms with Crippen LogP contribution in [-0.4, -0.2) is 22.8 Å². The highest BCUT2D eigenvalue weighted by Gasteiger charge is 2.26. The Morgan fingerprint density at radius 1 is 1.05 bits per heavy atom. The van der Waals surface area contributed by atoms with Crippen molar-refractivity contribution in [2.75, 3.05) is 0 Å². The van der Waals surface area contributed by atoms with Crippen LogP contribution in [0.4, 0.5) is 4.79 Å². The number of amides is 1. The lowest BCUT2D eigenvalue weighted by molar-refractivity contribution is 0.0469. The molecule has 2 N–H and O–H groups in total. The number of hydrogen-bond donors (Lipinski definition) is 2. The van der Waals surface area contributed by atoms with Gasteiger partial charge in [-0.05, 0) is 52.3 Å². The van der Waals surface area contributed by atoms with E-state index in [4.69, 9.17) is 9.84 Å². The highest BCUT2D eigenvalue weighted by atomic mass is 16.6. The number of carbonyl (C=O) groups is 2. The number of carboxylic acid groups (broad SMARTS) is 1. The molecule has 1 rings (SSSR count). The van der Waals surface area contributed by atoms with E-state index >= 15 is 0 Å². The number of aromatic carboxylic acids is 1. The standard InChI is InChI=1S/C15H21NO4/c1-14(2,3)20-13(19)16-15(4,5)11-8-6-10(7-9-11)12(17)18/h6-9H,1-5H3,(H,16,19)(H,17,18). The van der Waals surface area contributed by atoms with Crippen molar-refractivity contribution in [2.24, 2.45) is 0 Å². The van der Waals surface area contributed by atoms with Crippen LogP contribution in [0.2, 0.25) is 0 Å². The molecule has 0 heterocycles. The van der Waals surface area contributed by atoms with Gasteiger partial charge in [0.25, 0.3) is 0 Å². The maximum Gasteiger partial charge on any atom is 0.408 e. The van der Waals surface area contributed by atoms with Crippen LogP contribution >= 0.6 is 0 Å². The Kier molecular flexibility index (Phi) is 4.43. The number of alkyl carbamates (subject to hydrolysis) is 1. The van der Waals surface area contributed by atoms with Gasteiger partial charge in [0.15, 0.2) is 0 Å². The number of ether oxygens (including phenoxy) is 1. The van der Waals surface area contributed by atoms with Crippen molar-refractivity contribution in [1.29, 1.82) is 0 Å². The summed E-state index contributed by atoms with van der Waals surface area (Å²) in [5.74, 6) is -0.977. The molecular weight excluding hydrogens is 258 g/mol. The first kappa shape index (κ1) is 16.0. The van der Waals surface area contributed by atoms with Gasteiger partial charge in [-0.15, -0.1) is 0 Å². The second kappa shape index (κ2) is 5.53. The van der Waals surface area contributed by atoms with Crippen LogP contribution < -0.4 is 5.32 Å². The SMILES string of the molecule is CC(C)(C)OC(=O)NC(C)(C)c1ccc(C(=O)O)cc1. The van der Waals surface area contributed by atoms with Gasteiger partial charge < -0.3 is 15.2 Å². The van der Waals surface area contributed by atoms with Crippen molar-refractivity contribution in [1.82, 2.24) is 5.32 Å². The van der Waals surface area contributed by atoms with Crippen LogP contribution in [0.3, 0.4) is 0 Å². The lowest BCUT2D eigenvalue weighted by atomic mass is 9.93. The van der Waals surface area contributed by atoms with Gasteiger partial charge in [-0.2, -0.15) is 0 Å². The molecule has 5 nitrogen and oxygen atoms in total. The van der Waals surface area contributed by atoms with Gasteiger partial charge in [0, 0.05) is 0 Å². The number of nitrogens with one attached hydrogen (secondary N) is 1. The maximum atomic E-state index is 11.8. The second-order valence-corrected chi connectivity index (χ2v) is 6.13. The molecule has 0 spiro atoms. The van der Waals surface area contributed by atoms with E-state index in [1.807, 2.05) is 13.8 Å². The van der Waals surface area contributed by atoms with Crippen molar-refractivity contribution >= 4 is 12.1 Å². The van der Waals surface area contributed by atoms with Gasteiger partial charge >= 0.3 is 12.1 Å². The highest BCUT2D eigenvalue weighted by Crippen LogP contribution is 2.21. The van der Waals surface area contributed by atoms with E-state index in [9.17, 15) is 9.59 Å². The summed E-state index contributed by atoms with van der Waals surface area (Å²) in [5.41, 5.74) is -0.206. The Morgan fingerprint density at radius 2 is 1.55 bits per heavy atom. The van der Waals surface area contributed by atoms with Crippen LogP contribution in [0.1, 0.15) is 50.5 Å². The number of carbonyl (C=O) groups excluding carboxylic acids is 1. The zero-order valence-electron chi connectivity index (χ0n) is 12.5. The van der Waals surface area contributed by atoms with Gasteiger partial charge in [0.2, 0.25) is 0 Å². The second-order valence-electron chi connectivity index (χ2n) is 6.13. The Morgan fingerprint density at radius 3 is 1.95 bits per heavy atom. The third-order valence-corrected chi connectivity index (χ3v) is 2.67. The minimum absolute atomic E-state index is 0.210. The summed E-state index contributed by atoms with van der Waals surface area (Å²) in [7, 11) is 0. The van der Waals surface area contributed by atoms with Gasteiger partial charge in [-0.25, -0.2) is 9.59 Å². The Hall–Kier alpha value is -2.04. The molecule has 0 aliphatic carbocycles. The maximum absolute atomic E-state index is 11.8. The largest absolute Gasteiger partial charge is 0.478 e. The first-order chi connectivity index (χ1) is 9.01. The molecule has 0 aliphatic heterocycles. The monoisotopic (exact) mass is 279 g/mol. The molecule has 0 bridgehead atoms. The van der Waals surface area contributed by atoms with Crippen molar-refractivity contribution in [3.63, 3.8) is 0 Å². The first-order valence-corrected chi connectivity index (χ1v) is 6.36. The molecule has 0 aromatic heterocycles. The predicted octanol–water partition coefficient (Wildman–Crippen LogP) is 3.14. The zero-order chi connectivity index (χ0) is 15.6. The van der Waals surface area contributed by atoms with Crippen molar-refractivity contribution in [2.45, 2.75) is 45.8 Å². The summed E-state index contributed by atoms with van der Waals surface area (Å²) in [6.07, 6.45) is -0.509. The summed E-state index contributed by atoms with van der Waals surface area (Å²) in [6, 6.07) is 6.38. The van der Waals surface area contributed by atoms with Crippen LogP contribution in [0, 0.1) is 0 Å². The molecule has 20 heavy (non-hydrogen) atoms. The molecule has 5 heteroatoms. The number of rotatable bonds is 3. The zero-order valence-corrected chi connectivity index (χ0v) is 12.5. The number of benzene rings is 1. The quantitative estimate of drug-likeness (QED) is 0.891. The normalized spacial score (nSPS) is 11.8. The summed E-state index contributed by atoms with van der Waals surface area (Å²) in [4.78, 5) is 22.6. The summed E-state index contributed by atoms with van der Waals surface area (Å²) in [5, 5.41) is 11.6. The fourth-order valence-corrected chi connectivity index (χ4v) is 1.66. The Labute approximate surface area is 118 Å². The highest BCUT2D eigenvalue weighted by molar-refractivity contribution is 5.87. The predicted molar refractivity (Wildman–Crippen MR) is 75.8 cm³/mol. The van der Waals surface area contributed by atoms with Gasteiger partial charge in [0.1, 0.15) is 5.60 Å². The van der Waals surface area contributed by atoms with Crippen LogP contribution in [0.25, 0.3) is 0 Å². The van der Waals surface area contributed by atoms with E-state index in [2.05, 4.69) is 5.32 Å². The topological polar surface area (TPSA) is 75.6 Å². The van der Waals surface area contributed by atoms with Crippen LogP contribution in [-0.2, 0) is 10.3 Å². The van der Waals surface area contributed by atoms with Gasteiger partial charge in [-0.3, -0.25) is 0 Å². The summed E-state index contributed by atoms with van der Waals surface area (Å²) < 4.78 is 5.21. The lowest BCUT2D eigenvalue weighted by Crippen LogP contribution is -2.43. The molecule has 0 atom stereocenters. The molecule has 0 unspecified atom stereocenters. The minimum Gasteiger partial charge on any atom is -0.478 e. The third-order valence-electron chi connectivity index (χ3n) is 2.67. The van der Waals surface area contributed by atoms with Crippen LogP contribution in [0.5, 0.6) is 0 Å². The van der Waals surface area contributed by atoms with E-state index < -0.39 is 23.2 Å². The summed E-state index contributed by atoms with van der Waals surface area (Å²) in [6.45, 7) is 9.03. The van der Waals surface area contributed by atoms with Crippen molar-refractivity contribution in [3.8, 4) is 0 Å². The molecule has 0 saturated carbocycles. The van der Waals surface area contributed by atoms with Crippen molar-refractivity contribution < 1.29 is 19.4 Å². The summed E-state index contributed by atoms with van der Waals surface area (Å²) >= 11 is 0.